The second kappa shape index (κ2) is 10.9. The molecule has 2 aliphatic rings. The summed E-state index contributed by atoms with van der Waals surface area (Å²) in [5, 5.41) is 12.9. The van der Waals surface area contributed by atoms with Gasteiger partial charge in [0.2, 0.25) is 5.82 Å². The summed E-state index contributed by atoms with van der Waals surface area (Å²) in [6.45, 7) is 3.43. The fourth-order valence-electron chi connectivity index (χ4n) is 4.61. The predicted molar refractivity (Wildman–Crippen MR) is 122 cm³/mol. The molecule has 2 aromatic rings. The summed E-state index contributed by atoms with van der Waals surface area (Å²) in [5.74, 6) is -1.45. The number of nitrogens with zero attached hydrogens (tertiary/aromatic N) is 5. The first kappa shape index (κ1) is 25.3. The Labute approximate surface area is 207 Å². The molecule has 1 aliphatic heterocycles. The Balaban J connectivity index is 1.74. The molecule has 0 aromatic carbocycles. The van der Waals surface area contributed by atoms with Gasteiger partial charge in [0.1, 0.15) is 18.8 Å². The number of esters is 3. The summed E-state index contributed by atoms with van der Waals surface area (Å²) >= 11 is 0. The van der Waals surface area contributed by atoms with E-state index < -0.39 is 42.4 Å². The number of aromatic nitrogens is 4. The lowest BCUT2D eigenvalue weighted by Crippen LogP contribution is -2.40. The fourth-order valence-corrected chi connectivity index (χ4v) is 4.61. The minimum atomic E-state index is -1.10. The number of nitriles is 1. The normalized spacial score (nSPS) is 24.2. The van der Waals surface area contributed by atoms with Gasteiger partial charge in [-0.15, -0.1) is 0 Å². The quantitative estimate of drug-likeness (QED) is 0.433. The van der Waals surface area contributed by atoms with Crippen LogP contribution in [0.2, 0.25) is 0 Å². The van der Waals surface area contributed by atoms with Crippen molar-refractivity contribution in [3.63, 3.8) is 0 Å². The van der Waals surface area contributed by atoms with Gasteiger partial charge >= 0.3 is 17.9 Å². The maximum Gasteiger partial charge on any atom is 0.303 e. The minimum Gasteiger partial charge on any atom is -0.463 e. The molecule has 192 valence electrons. The van der Waals surface area contributed by atoms with E-state index >= 15 is 0 Å². The number of hydrogen-bond donors (Lipinski definition) is 1. The third-order valence-corrected chi connectivity index (χ3v) is 6.08. The lowest BCUT2D eigenvalue weighted by molar-refractivity contribution is -0.166. The van der Waals surface area contributed by atoms with Crippen LogP contribution in [0.15, 0.2) is 6.33 Å². The standard InChI is InChI=1S/C23H28N6O7/c1-12(30)33-10-16-19(34-13(2)31)20(35-14(3)32)23(36-16)29-11-25-18-21(26-15-7-5-4-6-8-15)27-17(9-24)28-22(18)29/h11,15-16,19-20,23H,4-8,10H2,1-3H3,(H,26,27,28)/t16-,19+,20+,23+/m0/s1. The molecule has 1 saturated heterocycles. The molecule has 36 heavy (non-hydrogen) atoms. The molecule has 0 spiro atoms. The molecule has 13 nitrogen and oxygen atoms in total. The summed E-state index contributed by atoms with van der Waals surface area (Å²) in [6, 6.07) is 2.17. The fraction of sp³-hybridized carbons (Fsp3) is 0.609. The molecule has 0 radical (unpaired) electrons. The molecule has 0 unspecified atom stereocenters. The zero-order chi connectivity index (χ0) is 25.8. The van der Waals surface area contributed by atoms with E-state index in [9.17, 15) is 19.6 Å². The molecular formula is C23H28N6O7. The van der Waals surface area contributed by atoms with Crippen LogP contribution in [0, 0.1) is 11.3 Å². The van der Waals surface area contributed by atoms with Gasteiger partial charge in [-0.1, -0.05) is 19.3 Å². The van der Waals surface area contributed by atoms with Gasteiger partial charge in [0.05, 0.1) is 6.33 Å². The van der Waals surface area contributed by atoms with Gasteiger partial charge in [0, 0.05) is 26.8 Å². The van der Waals surface area contributed by atoms with Gasteiger partial charge in [0.25, 0.3) is 0 Å². The Hall–Kier alpha value is -3.79. The lowest BCUT2D eigenvalue weighted by Gasteiger charge is -2.24. The highest BCUT2D eigenvalue weighted by atomic mass is 16.7. The second-order valence-corrected chi connectivity index (χ2v) is 8.83. The van der Waals surface area contributed by atoms with Gasteiger partial charge in [0.15, 0.2) is 35.4 Å². The van der Waals surface area contributed by atoms with Crippen molar-refractivity contribution in [3.8, 4) is 6.07 Å². The summed E-state index contributed by atoms with van der Waals surface area (Å²) in [6.07, 6.45) is 2.67. The summed E-state index contributed by atoms with van der Waals surface area (Å²) in [5.41, 5.74) is 0.689. The van der Waals surface area contributed by atoms with E-state index in [2.05, 4.69) is 20.3 Å². The molecular weight excluding hydrogens is 472 g/mol. The number of anilines is 1. The Morgan fingerprint density at radius 3 is 2.42 bits per heavy atom. The van der Waals surface area contributed by atoms with Crippen molar-refractivity contribution in [2.75, 3.05) is 11.9 Å². The molecule has 4 atom stereocenters. The third kappa shape index (κ3) is 5.54. The molecule has 0 amide bonds. The smallest absolute Gasteiger partial charge is 0.303 e. The molecule has 1 saturated carbocycles. The first-order valence-electron chi connectivity index (χ1n) is 11.8. The van der Waals surface area contributed by atoms with E-state index in [-0.39, 0.29) is 24.1 Å². The van der Waals surface area contributed by atoms with E-state index in [4.69, 9.17) is 18.9 Å². The maximum atomic E-state index is 12.0. The van der Waals surface area contributed by atoms with E-state index in [0.29, 0.717) is 11.3 Å². The average molecular weight is 501 g/mol. The Kier molecular flexibility index (Phi) is 7.64. The van der Waals surface area contributed by atoms with Crippen LogP contribution in [0.4, 0.5) is 5.82 Å². The topological polar surface area (TPSA) is 168 Å². The third-order valence-electron chi connectivity index (χ3n) is 6.08. The van der Waals surface area contributed by atoms with Crippen LogP contribution in [-0.4, -0.2) is 68.4 Å². The van der Waals surface area contributed by atoms with Gasteiger partial charge in [-0.2, -0.15) is 15.2 Å². The number of ether oxygens (including phenoxy) is 4. The number of fused-ring (bicyclic) bond motifs is 1. The number of nitrogens with one attached hydrogen (secondary N) is 1. The predicted octanol–water partition coefficient (Wildman–Crippen LogP) is 1.77. The first-order chi connectivity index (χ1) is 17.3. The second-order valence-electron chi connectivity index (χ2n) is 8.83. The number of hydrogen-bond acceptors (Lipinski definition) is 12. The monoisotopic (exact) mass is 500 g/mol. The van der Waals surface area contributed by atoms with E-state index in [0.717, 1.165) is 25.7 Å². The summed E-state index contributed by atoms with van der Waals surface area (Å²) in [4.78, 5) is 48.3. The van der Waals surface area contributed by atoms with Crippen LogP contribution >= 0.6 is 0 Å². The Morgan fingerprint density at radius 1 is 1.08 bits per heavy atom. The maximum absolute atomic E-state index is 12.0. The van der Waals surface area contributed by atoms with Crippen molar-refractivity contribution >= 4 is 34.9 Å². The first-order valence-corrected chi connectivity index (χ1v) is 11.8. The SMILES string of the molecule is CC(=O)OC[C@@H]1O[C@@H](n2cnc3c(NC4CCCCC4)nc(C#N)nc32)[C@H](OC(C)=O)[C@@H]1OC(C)=O. The van der Waals surface area contributed by atoms with Gasteiger partial charge in [-0.3, -0.25) is 19.0 Å². The largest absolute Gasteiger partial charge is 0.463 e. The van der Waals surface area contributed by atoms with Crippen LogP contribution in [0.1, 0.15) is 64.9 Å². The summed E-state index contributed by atoms with van der Waals surface area (Å²) in [7, 11) is 0. The van der Waals surface area contributed by atoms with Crippen LogP contribution in [0.5, 0.6) is 0 Å². The van der Waals surface area contributed by atoms with E-state index in [1.54, 1.807) is 0 Å². The highest BCUT2D eigenvalue weighted by molar-refractivity contribution is 5.83. The molecule has 3 heterocycles. The zero-order valence-corrected chi connectivity index (χ0v) is 20.3. The zero-order valence-electron chi connectivity index (χ0n) is 20.3. The van der Waals surface area contributed by atoms with E-state index in [1.165, 1.54) is 38.1 Å². The van der Waals surface area contributed by atoms with Crippen molar-refractivity contribution in [2.24, 2.45) is 0 Å². The van der Waals surface area contributed by atoms with Gasteiger partial charge < -0.3 is 24.3 Å². The molecule has 0 bridgehead atoms. The Bertz CT molecular complexity index is 1190. The van der Waals surface area contributed by atoms with Crippen molar-refractivity contribution in [3.05, 3.63) is 12.2 Å². The Morgan fingerprint density at radius 2 is 1.78 bits per heavy atom. The van der Waals surface area contributed by atoms with Crippen LogP contribution in [-0.2, 0) is 33.3 Å². The number of rotatable bonds is 7. The van der Waals surface area contributed by atoms with Crippen molar-refractivity contribution in [1.82, 2.24) is 19.5 Å². The molecule has 2 fully saturated rings. The number of carbonyl (C=O) groups is 3. The molecule has 1 aliphatic carbocycles. The molecule has 13 heteroatoms. The van der Waals surface area contributed by atoms with Crippen molar-refractivity contribution < 1.29 is 33.3 Å². The number of carbonyl (C=O) groups excluding carboxylic acids is 3. The highest BCUT2D eigenvalue weighted by Gasteiger charge is 2.51. The lowest BCUT2D eigenvalue weighted by atomic mass is 9.95. The highest BCUT2D eigenvalue weighted by Crippen LogP contribution is 2.37. The van der Waals surface area contributed by atoms with Crippen molar-refractivity contribution in [2.45, 2.75) is 83.5 Å². The molecule has 1 N–H and O–H groups in total. The van der Waals surface area contributed by atoms with Crippen LogP contribution in [0.3, 0.4) is 0 Å². The molecule has 4 rings (SSSR count). The van der Waals surface area contributed by atoms with Crippen molar-refractivity contribution in [1.29, 1.82) is 5.26 Å². The minimum absolute atomic E-state index is 0.0717. The van der Waals surface area contributed by atoms with Crippen LogP contribution < -0.4 is 5.32 Å². The average Bonchev–Trinajstić information content (AvgIpc) is 3.39. The molecule has 2 aromatic heterocycles. The van der Waals surface area contributed by atoms with Crippen LogP contribution in [0.25, 0.3) is 11.2 Å². The van der Waals surface area contributed by atoms with Gasteiger partial charge in [-0.05, 0) is 12.8 Å². The summed E-state index contributed by atoms with van der Waals surface area (Å²) < 4.78 is 23.6. The van der Waals surface area contributed by atoms with E-state index in [1.807, 2.05) is 6.07 Å². The number of imidazole rings is 1. The van der Waals surface area contributed by atoms with Gasteiger partial charge in [-0.25, -0.2) is 4.98 Å².